The molecule has 0 N–H and O–H groups in total. The molecule has 0 aliphatic heterocycles. The fourth-order valence-electron chi connectivity index (χ4n) is 0.955. The van der Waals surface area contributed by atoms with E-state index in [2.05, 4.69) is 25.9 Å². The van der Waals surface area contributed by atoms with Gasteiger partial charge in [-0.15, -0.1) is 0 Å². The Morgan fingerprint density at radius 3 is 2.67 bits per heavy atom. The molecule has 0 bridgehead atoms. The first-order valence-corrected chi connectivity index (χ1v) is 4.01. The lowest BCUT2D eigenvalue weighted by atomic mass is 9.97. The number of rotatable bonds is 1. The van der Waals surface area contributed by atoms with Crippen LogP contribution in [0.1, 0.15) is 20.8 Å². The van der Waals surface area contributed by atoms with Gasteiger partial charge in [0.25, 0.3) is 5.56 Å². The Kier molecular flexibility index (Phi) is 2.31. The molecule has 0 fully saturated rings. The van der Waals surface area contributed by atoms with E-state index in [1.54, 1.807) is 12.3 Å². The van der Waals surface area contributed by atoms with Gasteiger partial charge in [-0.2, -0.15) is 5.10 Å². The predicted molar refractivity (Wildman–Crippen MR) is 48.0 cm³/mol. The molecule has 0 amide bonds. The third-order valence-electron chi connectivity index (χ3n) is 1.41. The van der Waals surface area contributed by atoms with Crippen molar-refractivity contribution in [3.8, 4) is 0 Å². The smallest absolute Gasteiger partial charge is 0.266 e. The van der Waals surface area contributed by atoms with Gasteiger partial charge in [0.1, 0.15) is 0 Å². The van der Waals surface area contributed by atoms with E-state index < -0.39 is 0 Å². The summed E-state index contributed by atoms with van der Waals surface area (Å²) in [6.07, 6.45) is 1.63. The van der Waals surface area contributed by atoms with Crippen molar-refractivity contribution in [3.05, 3.63) is 28.7 Å². The molecule has 3 heteroatoms. The van der Waals surface area contributed by atoms with Crippen molar-refractivity contribution in [2.75, 3.05) is 0 Å². The standard InChI is InChI=1S/C9H14N2O/c1-9(2,3)7-11-8(12)5-4-6-10-11/h4-6H,7H2,1-3H3. The summed E-state index contributed by atoms with van der Waals surface area (Å²) in [5.41, 5.74) is 0.0606. The van der Waals surface area contributed by atoms with Gasteiger partial charge in [0.15, 0.2) is 0 Å². The van der Waals surface area contributed by atoms with E-state index in [-0.39, 0.29) is 11.0 Å². The zero-order chi connectivity index (χ0) is 9.19. The molecule has 1 aromatic rings. The topological polar surface area (TPSA) is 34.9 Å². The summed E-state index contributed by atoms with van der Waals surface area (Å²) in [5.74, 6) is 0. The molecular weight excluding hydrogens is 152 g/mol. The molecule has 3 nitrogen and oxygen atoms in total. The van der Waals surface area contributed by atoms with Crippen LogP contribution in [0.2, 0.25) is 0 Å². The first-order valence-electron chi connectivity index (χ1n) is 4.01. The monoisotopic (exact) mass is 166 g/mol. The van der Waals surface area contributed by atoms with Gasteiger partial charge < -0.3 is 0 Å². The van der Waals surface area contributed by atoms with Crippen LogP contribution in [0.3, 0.4) is 0 Å². The second-order valence-electron chi connectivity index (χ2n) is 4.08. The highest BCUT2D eigenvalue weighted by molar-refractivity contribution is 4.85. The molecule has 0 aromatic carbocycles. The molecule has 12 heavy (non-hydrogen) atoms. The van der Waals surface area contributed by atoms with Gasteiger partial charge in [0.2, 0.25) is 0 Å². The molecule has 0 atom stereocenters. The SMILES string of the molecule is CC(C)(C)Cn1ncccc1=O. The van der Waals surface area contributed by atoms with Crippen molar-refractivity contribution in [2.24, 2.45) is 5.41 Å². The van der Waals surface area contributed by atoms with E-state index in [4.69, 9.17) is 0 Å². The summed E-state index contributed by atoms with van der Waals surface area (Å²) in [5, 5.41) is 3.97. The van der Waals surface area contributed by atoms with Crippen molar-refractivity contribution in [1.29, 1.82) is 0 Å². The third-order valence-corrected chi connectivity index (χ3v) is 1.41. The fraction of sp³-hybridized carbons (Fsp3) is 0.556. The summed E-state index contributed by atoms with van der Waals surface area (Å²) in [6, 6.07) is 3.18. The fourth-order valence-corrected chi connectivity index (χ4v) is 0.955. The van der Waals surface area contributed by atoms with E-state index >= 15 is 0 Å². The summed E-state index contributed by atoms with van der Waals surface area (Å²) < 4.78 is 1.49. The maximum absolute atomic E-state index is 11.2. The molecule has 0 radical (unpaired) electrons. The minimum atomic E-state index is -0.0348. The first-order chi connectivity index (χ1) is 5.49. The second-order valence-corrected chi connectivity index (χ2v) is 4.08. The summed E-state index contributed by atoms with van der Waals surface area (Å²) in [7, 11) is 0. The van der Waals surface area contributed by atoms with Gasteiger partial charge in [-0.1, -0.05) is 20.8 Å². The van der Waals surface area contributed by atoms with Gasteiger partial charge in [0, 0.05) is 18.8 Å². The highest BCUT2D eigenvalue weighted by atomic mass is 16.1. The molecule has 0 saturated heterocycles. The van der Waals surface area contributed by atoms with Crippen molar-refractivity contribution < 1.29 is 0 Å². The van der Waals surface area contributed by atoms with Crippen LogP contribution in [0.5, 0.6) is 0 Å². The number of aromatic nitrogens is 2. The van der Waals surface area contributed by atoms with E-state index in [1.165, 1.54) is 10.7 Å². The van der Waals surface area contributed by atoms with E-state index in [9.17, 15) is 4.79 Å². The second kappa shape index (κ2) is 3.09. The molecular formula is C9H14N2O. The quantitative estimate of drug-likeness (QED) is 0.630. The van der Waals surface area contributed by atoms with Crippen molar-refractivity contribution in [2.45, 2.75) is 27.3 Å². The Morgan fingerprint density at radius 2 is 2.17 bits per heavy atom. The molecule has 0 aliphatic rings. The van der Waals surface area contributed by atoms with Crippen LogP contribution in [-0.4, -0.2) is 9.78 Å². The number of nitrogens with zero attached hydrogens (tertiary/aromatic N) is 2. The highest BCUT2D eigenvalue weighted by Crippen LogP contribution is 2.13. The van der Waals surface area contributed by atoms with Crippen LogP contribution >= 0.6 is 0 Å². The highest BCUT2D eigenvalue weighted by Gasteiger charge is 2.11. The van der Waals surface area contributed by atoms with Crippen LogP contribution in [-0.2, 0) is 6.54 Å². The van der Waals surface area contributed by atoms with Crippen LogP contribution in [0, 0.1) is 5.41 Å². The van der Waals surface area contributed by atoms with Gasteiger partial charge in [0.05, 0.1) is 0 Å². The van der Waals surface area contributed by atoms with Gasteiger partial charge >= 0.3 is 0 Å². The minimum absolute atomic E-state index is 0.0348. The Bertz CT molecular complexity index is 309. The molecule has 0 spiro atoms. The van der Waals surface area contributed by atoms with Crippen LogP contribution in [0.25, 0.3) is 0 Å². The van der Waals surface area contributed by atoms with Crippen molar-refractivity contribution >= 4 is 0 Å². The van der Waals surface area contributed by atoms with Gasteiger partial charge in [-0.3, -0.25) is 4.79 Å². The lowest BCUT2D eigenvalue weighted by molar-refractivity contribution is 0.316. The zero-order valence-corrected chi connectivity index (χ0v) is 7.74. The summed E-state index contributed by atoms with van der Waals surface area (Å²) in [4.78, 5) is 11.2. The largest absolute Gasteiger partial charge is 0.268 e. The van der Waals surface area contributed by atoms with E-state index in [0.29, 0.717) is 6.54 Å². The lowest BCUT2D eigenvalue weighted by Gasteiger charge is -2.17. The van der Waals surface area contributed by atoms with Gasteiger partial charge in [-0.25, -0.2) is 4.68 Å². The maximum atomic E-state index is 11.2. The Labute approximate surface area is 72.0 Å². The third kappa shape index (κ3) is 2.49. The molecule has 1 rings (SSSR count). The average Bonchev–Trinajstić information content (AvgIpc) is 1.91. The molecule has 0 unspecified atom stereocenters. The van der Waals surface area contributed by atoms with E-state index in [0.717, 1.165) is 0 Å². The Morgan fingerprint density at radius 1 is 1.50 bits per heavy atom. The Hall–Kier alpha value is -1.12. The Balaban J connectivity index is 2.91. The van der Waals surface area contributed by atoms with Gasteiger partial charge in [-0.05, 0) is 11.5 Å². The zero-order valence-electron chi connectivity index (χ0n) is 7.74. The first kappa shape index (κ1) is 8.97. The minimum Gasteiger partial charge on any atom is -0.268 e. The van der Waals surface area contributed by atoms with Crippen molar-refractivity contribution in [1.82, 2.24) is 9.78 Å². The average molecular weight is 166 g/mol. The number of hydrogen-bond donors (Lipinski definition) is 0. The molecule has 1 aromatic heterocycles. The number of hydrogen-bond acceptors (Lipinski definition) is 2. The van der Waals surface area contributed by atoms with E-state index in [1.807, 2.05) is 0 Å². The van der Waals surface area contributed by atoms with Crippen molar-refractivity contribution in [3.63, 3.8) is 0 Å². The molecule has 0 saturated carbocycles. The predicted octanol–water partition coefficient (Wildman–Crippen LogP) is 1.29. The lowest BCUT2D eigenvalue weighted by Crippen LogP contribution is -2.27. The van der Waals surface area contributed by atoms with Crippen LogP contribution < -0.4 is 5.56 Å². The maximum Gasteiger partial charge on any atom is 0.266 e. The summed E-state index contributed by atoms with van der Waals surface area (Å²) in [6.45, 7) is 6.89. The molecule has 66 valence electrons. The van der Waals surface area contributed by atoms with Crippen LogP contribution in [0.15, 0.2) is 23.1 Å². The summed E-state index contributed by atoms with van der Waals surface area (Å²) >= 11 is 0. The molecule has 1 heterocycles. The molecule has 0 aliphatic carbocycles. The normalized spacial score (nSPS) is 11.6. The van der Waals surface area contributed by atoms with Crippen LogP contribution in [0.4, 0.5) is 0 Å².